The molecule has 2 fully saturated rings. The third-order valence-electron chi connectivity index (χ3n) is 3.87. The molecule has 1 aliphatic heterocycles. The van der Waals surface area contributed by atoms with E-state index in [1.165, 1.54) is 35.9 Å². The number of thioether (sulfide) groups is 1. The van der Waals surface area contributed by atoms with E-state index in [1.54, 1.807) is 6.92 Å². The maximum absolute atomic E-state index is 12.1. The number of amides is 1. The van der Waals surface area contributed by atoms with E-state index >= 15 is 0 Å². The van der Waals surface area contributed by atoms with Crippen molar-refractivity contribution < 1.29 is 9.59 Å². The van der Waals surface area contributed by atoms with E-state index in [9.17, 15) is 9.59 Å². The van der Waals surface area contributed by atoms with Gasteiger partial charge in [0.1, 0.15) is 5.69 Å². The Labute approximate surface area is 132 Å². The first-order valence-corrected chi connectivity index (χ1v) is 9.06. The average Bonchev–Trinajstić information content (AvgIpc) is 3.03. The largest absolute Gasteiger partial charge is 0.348 e. The van der Waals surface area contributed by atoms with E-state index in [4.69, 9.17) is 0 Å². The molecule has 0 bridgehead atoms. The van der Waals surface area contributed by atoms with Gasteiger partial charge in [-0.3, -0.25) is 9.59 Å². The zero-order valence-corrected chi connectivity index (χ0v) is 13.6. The van der Waals surface area contributed by atoms with Gasteiger partial charge >= 0.3 is 0 Å². The first-order valence-electron chi connectivity index (χ1n) is 7.30. The summed E-state index contributed by atoms with van der Waals surface area (Å²) in [5.41, 5.74) is 0.518. The molecule has 0 atom stereocenters. The van der Waals surface area contributed by atoms with Crippen LogP contribution in [-0.2, 0) is 4.79 Å². The van der Waals surface area contributed by atoms with Crippen LogP contribution in [0.25, 0.3) is 0 Å². The lowest BCUT2D eigenvalue weighted by Gasteiger charge is -2.37. The molecule has 1 aromatic rings. The van der Waals surface area contributed by atoms with Gasteiger partial charge in [-0.05, 0) is 12.8 Å². The maximum Gasteiger partial charge on any atom is 0.271 e. The minimum atomic E-state index is -0.0559. The summed E-state index contributed by atoms with van der Waals surface area (Å²) in [6.07, 6.45) is 4.57. The highest BCUT2D eigenvalue weighted by atomic mass is 32.2. The molecule has 0 unspecified atom stereocenters. The SMILES string of the molecule is CC(=O)SC1CN(c2nc(C(=O)NC3CCCC3)cs2)C1. The Balaban J connectivity index is 1.52. The van der Waals surface area contributed by atoms with Gasteiger partial charge in [0.2, 0.25) is 0 Å². The average molecular weight is 325 g/mol. The lowest BCUT2D eigenvalue weighted by molar-refractivity contribution is -0.109. The van der Waals surface area contributed by atoms with E-state index in [0.29, 0.717) is 17.0 Å². The summed E-state index contributed by atoms with van der Waals surface area (Å²) in [7, 11) is 0. The molecule has 114 valence electrons. The molecule has 3 rings (SSSR count). The van der Waals surface area contributed by atoms with Crippen molar-refractivity contribution in [3.63, 3.8) is 0 Å². The third-order valence-corrected chi connectivity index (χ3v) is 5.73. The normalized spacial score (nSPS) is 19.6. The van der Waals surface area contributed by atoms with E-state index < -0.39 is 0 Å². The van der Waals surface area contributed by atoms with Gasteiger partial charge in [-0.15, -0.1) is 11.3 Å². The van der Waals surface area contributed by atoms with Crippen LogP contribution in [0.5, 0.6) is 0 Å². The van der Waals surface area contributed by atoms with E-state index in [-0.39, 0.29) is 11.0 Å². The summed E-state index contributed by atoms with van der Waals surface area (Å²) in [6, 6.07) is 0.322. The number of nitrogens with zero attached hydrogens (tertiary/aromatic N) is 2. The lowest BCUT2D eigenvalue weighted by Crippen LogP contribution is -2.49. The summed E-state index contributed by atoms with van der Waals surface area (Å²) in [4.78, 5) is 29.7. The second kappa shape index (κ2) is 6.36. The fraction of sp³-hybridized carbons (Fsp3) is 0.643. The Bertz CT molecular complexity index is 534. The Morgan fingerprint density at radius 3 is 2.76 bits per heavy atom. The van der Waals surface area contributed by atoms with Crippen molar-refractivity contribution in [2.75, 3.05) is 18.0 Å². The van der Waals surface area contributed by atoms with Crippen molar-refractivity contribution in [3.05, 3.63) is 11.1 Å². The molecule has 2 heterocycles. The summed E-state index contributed by atoms with van der Waals surface area (Å²) < 4.78 is 0. The molecule has 0 spiro atoms. The first-order chi connectivity index (χ1) is 10.1. The second-order valence-electron chi connectivity index (χ2n) is 5.61. The Hall–Kier alpha value is -1.08. The smallest absolute Gasteiger partial charge is 0.271 e. The molecular weight excluding hydrogens is 306 g/mol. The number of nitrogens with one attached hydrogen (secondary N) is 1. The topological polar surface area (TPSA) is 62.3 Å². The Morgan fingerprint density at radius 1 is 1.38 bits per heavy atom. The van der Waals surface area contributed by atoms with Crippen LogP contribution in [0.15, 0.2) is 5.38 Å². The van der Waals surface area contributed by atoms with E-state index in [0.717, 1.165) is 31.1 Å². The molecule has 2 aliphatic rings. The molecule has 1 saturated heterocycles. The summed E-state index contributed by atoms with van der Waals surface area (Å²) in [5.74, 6) is -0.0559. The Morgan fingerprint density at radius 2 is 2.10 bits per heavy atom. The minimum Gasteiger partial charge on any atom is -0.348 e. The van der Waals surface area contributed by atoms with Crippen LogP contribution in [0.2, 0.25) is 0 Å². The highest BCUT2D eigenvalue weighted by Gasteiger charge is 2.31. The molecule has 0 aromatic carbocycles. The molecule has 21 heavy (non-hydrogen) atoms. The zero-order valence-electron chi connectivity index (χ0n) is 12.0. The van der Waals surface area contributed by atoms with Crippen LogP contribution >= 0.6 is 23.1 Å². The van der Waals surface area contributed by atoms with Gasteiger partial charge in [0.15, 0.2) is 10.2 Å². The molecule has 1 amide bonds. The number of hydrogen-bond donors (Lipinski definition) is 1. The van der Waals surface area contributed by atoms with Gasteiger partial charge in [0.25, 0.3) is 5.91 Å². The van der Waals surface area contributed by atoms with Crippen molar-refractivity contribution in [2.45, 2.75) is 43.9 Å². The van der Waals surface area contributed by atoms with Crippen LogP contribution in [0, 0.1) is 0 Å². The van der Waals surface area contributed by atoms with Crippen LogP contribution in [0.3, 0.4) is 0 Å². The van der Waals surface area contributed by atoms with Crippen molar-refractivity contribution in [1.82, 2.24) is 10.3 Å². The minimum absolute atomic E-state index is 0.0559. The number of rotatable bonds is 4. The van der Waals surface area contributed by atoms with Crippen molar-refractivity contribution in [2.24, 2.45) is 0 Å². The van der Waals surface area contributed by atoms with Gasteiger partial charge in [-0.1, -0.05) is 24.6 Å². The fourth-order valence-electron chi connectivity index (χ4n) is 2.75. The molecule has 0 radical (unpaired) electrons. The monoisotopic (exact) mass is 325 g/mol. The second-order valence-corrected chi connectivity index (χ2v) is 7.92. The molecule has 1 aromatic heterocycles. The number of anilines is 1. The predicted molar refractivity (Wildman–Crippen MR) is 86.1 cm³/mol. The van der Waals surface area contributed by atoms with Gasteiger partial charge in [-0.2, -0.15) is 0 Å². The summed E-state index contributed by atoms with van der Waals surface area (Å²) >= 11 is 2.89. The molecule has 1 aliphatic carbocycles. The molecule has 1 saturated carbocycles. The lowest BCUT2D eigenvalue weighted by atomic mass is 10.2. The van der Waals surface area contributed by atoms with Crippen LogP contribution in [-0.4, -0.2) is 40.4 Å². The Kier molecular flexibility index (Phi) is 4.49. The zero-order chi connectivity index (χ0) is 14.8. The summed E-state index contributed by atoms with van der Waals surface area (Å²) in [6.45, 7) is 3.27. The van der Waals surface area contributed by atoms with Crippen LogP contribution in [0.1, 0.15) is 43.1 Å². The van der Waals surface area contributed by atoms with Crippen molar-refractivity contribution in [3.8, 4) is 0 Å². The van der Waals surface area contributed by atoms with Gasteiger partial charge in [-0.25, -0.2) is 4.98 Å². The molecule has 5 nitrogen and oxygen atoms in total. The quantitative estimate of drug-likeness (QED) is 0.920. The number of carbonyl (C=O) groups is 2. The predicted octanol–water partition coefficient (Wildman–Crippen LogP) is 2.28. The van der Waals surface area contributed by atoms with Crippen LogP contribution in [0.4, 0.5) is 5.13 Å². The molecular formula is C14H19N3O2S2. The molecule has 1 N–H and O–H groups in total. The van der Waals surface area contributed by atoms with Gasteiger partial charge in [0, 0.05) is 36.7 Å². The highest BCUT2D eigenvalue weighted by Crippen LogP contribution is 2.30. The fourth-order valence-corrected chi connectivity index (χ4v) is 4.55. The van der Waals surface area contributed by atoms with E-state index in [2.05, 4.69) is 15.2 Å². The van der Waals surface area contributed by atoms with Gasteiger partial charge < -0.3 is 10.2 Å². The first kappa shape index (κ1) is 14.8. The van der Waals surface area contributed by atoms with Crippen LogP contribution < -0.4 is 10.2 Å². The highest BCUT2D eigenvalue weighted by molar-refractivity contribution is 8.14. The molecule has 7 heteroatoms. The van der Waals surface area contributed by atoms with Crippen molar-refractivity contribution >= 4 is 39.3 Å². The number of aromatic nitrogens is 1. The maximum atomic E-state index is 12.1. The summed E-state index contributed by atoms with van der Waals surface area (Å²) in [5, 5.41) is 6.29. The van der Waals surface area contributed by atoms with E-state index in [1.807, 2.05) is 5.38 Å². The van der Waals surface area contributed by atoms with Crippen molar-refractivity contribution in [1.29, 1.82) is 0 Å². The van der Waals surface area contributed by atoms with Gasteiger partial charge in [0.05, 0.1) is 0 Å². The number of carbonyl (C=O) groups excluding carboxylic acids is 2. The number of hydrogen-bond acceptors (Lipinski definition) is 6. The number of thiazole rings is 1. The third kappa shape index (κ3) is 3.58. The standard InChI is InChI=1S/C14H19N3O2S2/c1-9(18)21-11-6-17(7-11)14-16-12(8-20-14)13(19)15-10-4-2-3-5-10/h8,10-11H,2-7H2,1H3,(H,15,19).